The van der Waals surface area contributed by atoms with Crippen molar-refractivity contribution in [2.45, 2.75) is 6.04 Å². The Morgan fingerprint density at radius 3 is 2.57 bits per heavy atom. The second-order valence-corrected chi connectivity index (χ2v) is 3.90. The van der Waals surface area contributed by atoms with Gasteiger partial charge in [-0.05, 0) is 28.1 Å². The molecule has 0 aliphatic rings. The molecule has 21 heavy (non-hydrogen) atoms. The molecule has 1 amide bonds. The van der Waals surface area contributed by atoms with Gasteiger partial charge in [0.15, 0.2) is 0 Å². The van der Waals surface area contributed by atoms with Crippen molar-refractivity contribution in [1.29, 1.82) is 5.26 Å². The predicted molar refractivity (Wildman–Crippen MR) is 73.0 cm³/mol. The summed E-state index contributed by atoms with van der Waals surface area (Å²) in [5.41, 5.74) is 5.41. The maximum absolute atomic E-state index is 10.7. The molecule has 2 N–H and O–H groups in total. The fraction of sp³-hybridized carbons (Fsp3) is 0.200. The van der Waals surface area contributed by atoms with Crippen molar-refractivity contribution in [3.8, 4) is 11.8 Å². The molecule has 0 aliphatic carbocycles. The summed E-state index contributed by atoms with van der Waals surface area (Å²) in [7, 11) is 1.52. The van der Waals surface area contributed by atoms with E-state index in [4.69, 9.17) is 25.8 Å². The molecule has 1 aromatic rings. The van der Waals surface area contributed by atoms with Crippen LogP contribution in [0.2, 0.25) is 0 Å². The summed E-state index contributed by atoms with van der Waals surface area (Å²) in [6, 6.07) is 5.36. The van der Waals surface area contributed by atoms with Gasteiger partial charge in [-0.1, -0.05) is 0 Å². The molecule has 0 heterocycles. The minimum Gasteiger partial charge on any atom is -0.495 e. The quantitative estimate of drug-likeness (QED) is 0.319. The zero-order valence-electron chi connectivity index (χ0n) is 11.2. The molecule has 0 aliphatic heterocycles. The third kappa shape index (κ3) is 8.36. The second-order valence-electron chi connectivity index (χ2n) is 3.04. The van der Waals surface area contributed by atoms with Gasteiger partial charge >= 0.3 is 29.6 Å². The number of rotatable bonds is 4. The average molecular weight is 366 g/mol. The molecular weight excluding hydrogens is 357 g/mol. The van der Waals surface area contributed by atoms with E-state index < -0.39 is 11.9 Å². The summed E-state index contributed by atoms with van der Waals surface area (Å²) < 4.78 is 5.83. The number of azo groups is 1. The van der Waals surface area contributed by atoms with Crippen LogP contribution in [0.4, 0.5) is 5.69 Å². The number of amides is 1. The number of ether oxygens (including phenoxy) is 1. The number of primary amides is 1. The number of hydrogen-bond donors (Lipinski definition) is 1. The van der Waals surface area contributed by atoms with E-state index in [1.807, 2.05) is 0 Å². The van der Waals surface area contributed by atoms with Crippen LogP contribution in [0, 0.1) is 21.4 Å². The molecule has 1 unspecified atom stereocenters. The molecule has 0 saturated heterocycles. The minimum atomic E-state index is -1.27. The average Bonchev–Trinajstić information content (AvgIpc) is 2.41. The fourth-order valence-corrected chi connectivity index (χ4v) is 1.39. The van der Waals surface area contributed by atoms with Crippen molar-refractivity contribution in [3.63, 3.8) is 0 Å². The first-order valence-electron chi connectivity index (χ1n) is 4.88. The molecule has 0 saturated carbocycles. The Labute approximate surface area is 150 Å². The Bertz CT molecular complexity index is 549. The van der Waals surface area contributed by atoms with E-state index in [1.54, 1.807) is 24.3 Å². The van der Waals surface area contributed by atoms with Gasteiger partial charge in [0.25, 0.3) is 5.91 Å². The normalized spacial score (nSPS) is 10.3. The van der Waals surface area contributed by atoms with Crippen LogP contribution in [0.15, 0.2) is 38.2 Å². The van der Waals surface area contributed by atoms with E-state index in [-0.39, 0.29) is 29.6 Å². The van der Waals surface area contributed by atoms with E-state index in [1.165, 1.54) is 7.11 Å². The first-order chi connectivity index (χ1) is 9.49. The smallest absolute Gasteiger partial charge is 0.495 e. The number of nitrogens with two attached hydrogens (primary N) is 1. The largest absolute Gasteiger partial charge is 1.00 e. The first kappa shape index (κ1) is 21.8. The zero-order chi connectivity index (χ0) is 15.5. The summed E-state index contributed by atoms with van der Waals surface area (Å²) >= 11 is 3.28. The van der Waals surface area contributed by atoms with Crippen molar-refractivity contribution in [2.24, 2.45) is 21.3 Å². The molecule has 0 bridgehead atoms. The molecule has 0 aromatic heterocycles. The topological polar surface area (TPSA) is 153 Å². The Kier molecular flexibility index (Phi) is 12.7. The van der Waals surface area contributed by atoms with Crippen molar-refractivity contribution >= 4 is 27.5 Å². The van der Waals surface area contributed by atoms with E-state index in [2.05, 4.69) is 26.2 Å². The number of carbonyl (C=O) groups is 1. The molecular formula is C10H9BrN5NaO4. The molecule has 1 aromatic carbocycles. The van der Waals surface area contributed by atoms with Crippen LogP contribution in [0.1, 0.15) is 0 Å². The van der Waals surface area contributed by atoms with Gasteiger partial charge in [-0.25, -0.2) is 0 Å². The summed E-state index contributed by atoms with van der Waals surface area (Å²) in [4.78, 5) is 18.7. The maximum atomic E-state index is 10.7. The summed E-state index contributed by atoms with van der Waals surface area (Å²) in [6.45, 7) is 0. The molecule has 1 atom stereocenters. The second kappa shape index (κ2) is 12.2. The van der Waals surface area contributed by atoms with Gasteiger partial charge < -0.3 is 20.6 Å². The standard InChI is InChI=1S/C10H9BrN4O2.HNO2.Na/c1-17-9-4-6(2-3-7(9)11)14-15-8(5-12)10(13)16;2-1-3;/h2-4,8H,1H3,(H2,13,16);(H,2,3);/q;;+1/p-1. The van der Waals surface area contributed by atoms with Gasteiger partial charge in [-0.3, -0.25) is 4.79 Å². The summed E-state index contributed by atoms with van der Waals surface area (Å²) in [5.74, 6) is -0.255. The molecule has 0 radical (unpaired) electrons. The van der Waals surface area contributed by atoms with Crippen LogP contribution in [0.25, 0.3) is 0 Å². The predicted octanol–water partition coefficient (Wildman–Crippen LogP) is -0.827. The van der Waals surface area contributed by atoms with Crippen LogP contribution in [-0.2, 0) is 4.79 Å². The van der Waals surface area contributed by atoms with Gasteiger partial charge in [-0.15, -0.1) is 5.34 Å². The number of halogens is 1. The Hall–Kier alpha value is -1.54. The molecule has 106 valence electrons. The minimum absolute atomic E-state index is 0. The van der Waals surface area contributed by atoms with Crippen LogP contribution in [-0.4, -0.2) is 19.1 Å². The van der Waals surface area contributed by atoms with Crippen molar-refractivity contribution in [3.05, 3.63) is 32.8 Å². The third-order valence-electron chi connectivity index (χ3n) is 1.82. The Morgan fingerprint density at radius 1 is 1.57 bits per heavy atom. The van der Waals surface area contributed by atoms with E-state index in [0.29, 0.717) is 11.4 Å². The Balaban J connectivity index is 0. The van der Waals surface area contributed by atoms with Gasteiger partial charge in [0.2, 0.25) is 6.04 Å². The maximum Gasteiger partial charge on any atom is 1.00 e. The number of methoxy groups -OCH3 is 1. The van der Waals surface area contributed by atoms with Crippen molar-refractivity contribution in [2.75, 3.05) is 7.11 Å². The summed E-state index contributed by atoms with van der Waals surface area (Å²) in [5, 5.41) is 24.9. The fourth-order valence-electron chi connectivity index (χ4n) is 0.981. The number of carbonyl (C=O) groups excluding carboxylic acids is 1. The molecule has 0 fully saturated rings. The van der Waals surface area contributed by atoms with E-state index >= 15 is 0 Å². The van der Waals surface area contributed by atoms with E-state index in [9.17, 15) is 4.79 Å². The molecule has 11 heteroatoms. The molecule has 9 nitrogen and oxygen atoms in total. The van der Waals surface area contributed by atoms with Crippen LogP contribution in [0.3, 0.4) is 0 Å². The van der Waals surface area contributed by atoms with E-state index in [0.717, 1.165) is 9.81 Å². The number of benzene rings is 1. The van der Waals surface area contributed by atoms with Gasteiger partial charge in [-0.2, -0.15) is 15.5 Å². The number of nitrogens with zero attached hydrogens (tertiary/aromatic N) is 4. The van der Waals surface area contributed by atoms with Gasteiger partial charge in [0.1, 0.15) is 11.8 Å². The van der Waals surface area contributed by atoms with Gasteiger partial charge in [0.05, 0.1) is 17.3 Å². The number of nitriles is 1. The monoisotopic (exact) mass is 365 g/mol. The van der Waals surface area contributed by atoms with Gasteiger partial charge in [0, 0.05) is 6.07 Å². The third-order valence-corrected chi connectivity index (χ3v) is 2.47. The van der Waals surface area contributed by atoms with Crippen molar-refractivity contribution < 1.29 is 39.1 Å². The van der Waals surface area contributed by atoms with Crippen LogP contribution < -0.4 is 40.0 Å². The number of hydrogen-bond acceptors (Lipinski definition) is 8. The summed E-state index contributed by atoms with van der Waals surface area (Å²) in [6.07, 6.45) is 0. The van der Waals surface area contributed by atoms with Crippen molar-refractivity contribution in [1.82, 2.24) is 0 Å². The Morgan fingerprint density at radius 2 is 2.14 bits per heavy atom. The van der Waals surface area contributed by atoms with Crippen LogP contribution >= 0.6 is 15.9 Å². The van der Waals surface area contributed by atoms with Crippen LogP contribution in [0.5, 0.6) is 5.75 Å². The molecule has 1 rings (SSSR count). The molecule has 0 spiro atoms. The first-order valence-corrected chi connectivity index (χ1v) is 5.67. The SMILES string of the molecule is COc1cc(N=NC(C#N)C(N)=O)ccc1Br.O=N[O-].[Na+]. The zero-order valence-corrected chi connectivity index (χ0v) is 14.8.